The topological polar surface area (TPSA) is 61.0 Å². The van der Waals surface area contributed by atoms with Crippen LogP contribution in [0.5, 0.6) is 0 Å². The van der Waals surface area contributed by atoms with Crippen molar-refractivity contribution in [3.05, 3.63) is 0 Å². The van der Waals surface area contributed by atoms with Gasteiger partial charge in [-0.25, -0.2) is 0 Å². The van der Waals surface area contributed by atoms with Gasteiger partial charge >= 0.3 is 76.7 Å². The van der Waals surface area contributed by atoms with Gasteiger partial charge in [0.1, 0.15) is 0 Å². The fraction of sp³-hybridized carbons (Fsp3) is 1.00. The molecule has 3 N–H and O–H groups in total. The molecule has 1 unspecified atom stereocenters. The zero-order chi connectivity index (χ0) is 7.14. The summed E-state index contributed by atoms with van der Waals surface area (Å²) < 4.78 is 5.68. The summed E-state index contributed by atoms with van der Waals surface area (Å²) in [6.07, 6.45) is 2.55. The van der Waals surface area contributed by atoms with E-state index in [0.29, 0.717) is 31.7 Å². The van der Waals surface area contributed by atoms with Gasteiger partial charge in [-0.2, -0.15) is 0 Å². The Morgan fingerprint density at radius 2 is 2.00 bits per heavy atom. The minimum absolute atomic E-state index is 0. The first-order valence-corrected chi connectivity index (χ1v) is 7.09. The molecule has 0 aromatic heterocycles. The van der Waals surface area contributed by atoms with Crippen LogP contribution in [-0.4, -0.2) is 52.7 Å². The quantitative estimate of drug-likeness (QED) is 0.604. The van der Waals surface area contributed by atoms with E-state index in [4.69, 9.17) is 4.74 Å². The van der Waals surface area contributed by atoms with Crippen molar-refractivity contribution in [1.82, 2.24) is 0 Å². The third-order valence-corrected chi connectivity index (χ3v) is 5.34. The van der Waals surface area contributed by atoms with Gasteiger partial charge in [-0.3, -0.25) is 0 Å². The molecule has 0 radical (unpaired) electrons. The minimum atomic E-state index is -0.101. The molecular formula is C7H14O3Tl. The molecule has 0 spiro atoms. The molecule has 63 valence electrons. The normalized spacial score (nSPS) is 43.5. The first kappa shape index (κ1) is 9.89. The van der Waals surface area contributed by atoms with Gasteiger partial charge in [0.05, 0.1) is 0 Å². The van der Waals surface area contributed by atoms with Gasteiger partial charge in [0.2, 0.25) is 0 Å². The molecule has 1 saturated carbocycles. The second-order valence-corrected chi connectivity index (χ2v) is 6.49. The van der Waals surface area contributed by atoms with E-state index < -0.39 is 0 Å². The van der Waals surface area contributed by atoms with Gasteiger partial charge in [0.15, 0.2) is 0 Å². The van der Waals surface area contributed by atoms with Crippen LogP contribution in [0.25, 0.3) is 0 Å². The average Bonchev–Trinajstić information content (AvgIpc) is 2.67. The van der Waals surface area contributed by atoms with Crippen molar-refractivity contribution in [3.63, 3.8) is 0 Å². The maximum atomic E-state index is 9.59. The Kier molecular flexibility index (Phi) is 3.30. The van der Waals surface area contributed by atoms with Crippen LogP contribution in [0, 0.1) is 11.8 Å². The summed E-state index contributed by atoms with van der Waals surface area (Å²) >= 11 is 0.586. The Bertz CT molecular complexity index is 138. The fourth-order valence-electron chi connectivity index (χ4n) is 1.65. The van der Waals surface area contributed by atoms with Crippen LogP contribution >= 0.6 is 0 Å². The van der Waals surface area contributed by atoms with Crippen molar-refractivity contribution in [1.29, 1.82) is 0 Å². The van der Waals surface area contributed by atoms with E-state index in [9.17, 15) is 5.11 Å². The monoisotopic (exact) mass is 351 g/mol. The van der Waals surface area contributed by atoms with Crippen LogP contribution in [0.3, 0.4) is 0 Å². The zero-order valence-electron chi connectivity index (χ0n) is 6.49. The summed E-state index contributed by atoms with van der Waals surface area (Å²) in [4.78, 5) is 0. The van der Waals surface area contributed by atoms with Crippen molar-refractivity contribution in [2.45, 2.75) is 22.6 Å². The molecule has 1 saturated heterocycles. The van der Waals surface area contributed by atoms with Crippen LogP contribution < -0.4 is 0 Å². The van der Waals surface area contributed by atoms with Crippen molar-refractivity contribution < 1.29 is 15.3 Å². The number of rotatable bonds is 1. The molecule has 1 aliphatic carbocycles. The molecule has 11 heavy (non-hydrogen) atoms. The Hall–Kier alpha value is 0.802. The molecule has 1 heterocycles. The van der Waals surface area contributed by atoms with Crippen LogP contribution in [0.2, 0.25) is 0 Å². The number of aliphatic hydroxyl groups excluding tert-OH is 1. The number of ether oxygens (including phenoxy) is 1. The van der Waals surface area contributed by atoms with Crippen molar-refractivity contribution in [2.24, 2.45) is 11.8 Å². The second kappa shape index (κ2) is 3.68. The SMILES string of the molecule is O.O[C@@H]1[CH]([TlH])OC[C@@H]1C1CC1. The molecular weight excluding hydrogens is 336 g/mol. The third-order valence-electron chi connectivity index (χ3n) is 2.55. The van der Waals surface area contributed by atoms with E-state index in [-0.39, 0.29) is 15.2 Å². The molecule has 0 amide bonds. The van der Waals surface area contributed by atoms with Gasteiger partial charge in [-0.1, -0.05) is 0 Å². The van der Waals surface area contributed by atoms with Crippen molar-refractivity contribution in [2.75, 3.05) is 6.61 Å². The van der Waals surface area contributed by atoms with Crippen LogP contribution in [0.4, 0.5) is 0 Å². The molecule has 2 fully saturated rings. The van der Waals surface area contributed by atoms with E-state index in [1.807, 2.05) is 0 Å². The van der Waals surface area contributed by atoms with Crippen LogP contribution in [0.15, 0.2) is 0 Å². The molecule has 4 heteroatoms. The molecule has 2 aliphatic rings. The second-order valence-electron chi connectivity index (χ2n) is 3.36. The summed E-state index contributed by atoms with van der Waals surface area (Å²) in [6, 6.07) is 0. The third kappa shape index (κ3) is 1.93. The standard InChI is InChI=1S/C7H11O2.H2O.Tl.H/c8-7-4-9-3-6(7)5-1-2-5;;;/h4-8H,1-3H2;1H2;;/t6-,7-;;;/m1.../s1. The van der Waals surface area contributed by atoms with Gasteiger partial charge in [0, 0.05) is 0 Å². The zero-order valence-corrected chi connectivity index (χ0v) is 12.0. The van der Waals surface area contributed by atoms with Crippen molar-refractivity contribution in [3.8, 4) is 0 Å². The van der Waals surface area contributed by atoms with Gasteiger partial charge in [0.25, 0.3) is 0 Å². The summed E-state index contributed by atoms with van der Waals surface area (Å²) in [5.74, 6) is 1.31. The van der Waals surface area contributed by atoms with E-state index in [0.717, 1.165) is 12.5 Å². The van der Waals surface area contributed by atoms with Crippen LogP contribution in [-0.2, 0) is 4.74 Å². The first-order chi connectivity index (χ1) is 4.79. The molecule has 0 aromatic rings. The summed E-state index contributed by atoms with van der Waals surface area (Å²) in [5.41, 5.74) is 0. The summed E-state index contributed by atoms with van der Waals surface area (Å²) in [5, 5.41) is 9.59. The predicted octanol–water partition coefficient (Wildman–Crippen LogP) is -1.19. The number of aliphatic hydroxyl groups is 1. The number of hydrogen-bond donors (Lipinski definition) is 1. The molecule has 0 bridgehead atoms. The molecule has 1 aliphatic heterocycles. The Morgan fingerprint density at radius 1 is 1.36 bits per heavy atom. The van der Waals surface area contributed by atoms with E-state index >= 15 is 0 Å². The van der Waals surface area contributed by atoms with Gasteiger partial charge in [-0.15, -0.1) is 0 Å². The molecule has 2 rings (SSSR count). The van der Waals surface area contributed by atoms with Crippen LogP contribution in [0.1, 0.15) is 12.8 Å². The fourth-order valence-corrected chi connectivity index (χ4v) is 3.53. The Balaban J connectivity index is 0.000000605. The van der Waals surface area contributed by atoms with Gasteiger partial charge < -0.3 is 5.48 Å². The van der Waals surface area contributed by atoms with E-state index in [1.165, 1.54) is 12.8 Å². The average molecular weight is 351 g/mol. The van der Waals surface area contributed by atoms with E-state index in [1.54, 1.807) is 0 Å². The summed E-state index contributed by atoms with van der Waals surface area (Å²) in [7, 11) is 0. The number of hydrogen-bond acceptors (Lipinski definition) is 2. The molecule has 3 nitrogen and oxygen atoms in total. The Labute approximate surface area is 82.1 Å². The molecule has 0 aromatic carbocycles. The molecule has 3 atom stereocenters. The Morgan fingerprint density at radius 3 is 2.36 bits per heavy atom. The maximum absolute atomic E-state index is 9.59. The first-order valence-electron chi connectivity index (χ1n) is 3.92. The van der Waals surface area contributed by atoms with E-state index in [2.05, 4.69) is 0 Å². The van der Waals surface area contributed by atoms with Gasteiger partial charge in [-0.05, 0) is 0 Å². The van der Waals surface area contributed by atoms with Crippen molar-refractivity contribution >= 4 is 25.8 Å². The predicted molar refractivity (Wildman–Crippen MR) is 42.7 cm³/mol. The summed E-state index contributed by atoms with van der Waals surface area (Å²) in [6.45, 7) is 0.833.